The second-order valence-electron chi connectivity index (χ2n) is 3.86. The van der Waals surface area contributed by atoms with E-state index in [4.69, 9.17) is 11.6 Å². The maximum atomic E-state index is 11.7. The van der Waals surface area contributed by atoms with Crippen molar-refractivity contribution in [2.45, 2.75) is 20.3 Å². The molecule has 1 rings (SSSR count). The first-order valence-electron chi connectivity index (χ1n) is 4.81. The van der Waals surface area contributed by atoms with Crippen molar-refractivity contribution < 1.29 is 4.79 Å². The van der Waals surface area contributed by atoms with Gasteiger partial charge in [0.05, 0.1) is 22.9 Å². The van der Waals surface area contributed by atoms with Crippen LogP contribution < -0.4 is 0 Å². The second-order valence-corrected chi connectivity index (χ2v) is 5.41. The van der Waals surface area contributed by atoms with Crippen LogP contribution in [0, 0.1) is 11.8 Å². The lowest BCUT2D eigenvalue weighted by Gasteiger charge is -2.28. The summed E-state index contributed by atoms with van der Waals surface area (Å²) >= 11 is 7.80. The Kier molecular flexibility index (Phi) is 4.70. The van der Waals surface area contributed by atoms with Crippen LogP contribution in [0.3, 0.4) is 0 Å². The molecule has 2 nitrogen and oxygen atoms in total. The predicted octanol–water partition coefficient (Wildman–Crippen LogP) is 3.01. The van der Waals surface area contributed by atoms with E-state index in [9.17, 15) is 4.79 Å². The molecule has 0 spiro atoms. The highest BCUT2D eigenvalue weighted by Gasteiger charge is 2.26. The first kappa shape index (κ1) is 12.3. The van der Waals surface area contributed by atoms with E-state index in [1.807, 2.05) is 0 Å². The number of carbonyl (C=O) groups excluding carboxylic acids is 1. The fourth-order valence-corrected chi connectivity index (χ4v) is 2.63. The maximum Gasteiger partial charge on any atom is 0.258 e. The minimum absolute atomic E-state index is 0.159. The van der Waals surface area contributed by atoms with E-state index in [0.717, 1.165) is 18.5 Å². The number of halogens is 2. The molecule has 14 heavy (non-hydrogen) atoms. The molecular weight excluding hydrogens is 312 g/mol. The van der Waals surface area contributed by atoms with Gasteiger partial charge in [0.15, 0.2) is 0 Å². The summed E-state index contributed by atoms with van der Waals surface area (Å²) in [6.45, 7) is 4.90. The number of carbonyl (C=O) groups is 1. The van der Waals surface area contributed by atoms with Crippen LogP contribution in [0.1, 0.15) is 20.3 Å². The molecule has 0 fully saturated rings. The summed E-state index contributed by atoms with van der Waals surface area (Å²) in [6.07, 6.45) is 3.05. The Labute approximate surface area is 104 Å². The molecule has 0 aromatic carbocycles. The molecule has 1 amide bonds. The van der Waals surface area contributed by atoms with Crippen molar-refractivity contribution in [3.05, 3.63) is 11.6 Å². The van der Waals surface area contributed by atoms with Gasteiger partial charge in [0.25, 0.3) is 5.91 Å². The number of nitrogens with zero attached hydrogens (tertiary/aromatic N) is 1. The largest absolute Gasteiger partial charge is 0.281 e. The summed E-state index contributed by atoms with van der Waals surface area (Å²) in [7, 11) is 0. The lowest BCUT2D eigenvalue weighted by molar-refractivity contribution is -0.122. The molecule has 4 heteroatoms. The monoisotopic (exact) mass is 327 g/mol. The van der Waals surface area contributed by atoms with Crippen molar-refractivity contribution in [1.82, 2.24) is 3.11 Å². The van der Waals surface area contributed by atoms with E-state index in [-0.39, 0.29) is 5.91 Å². The number of hydrogen-bond donors (Lipinski definition) is 0. The standard InChI is InChI=1S/C10H15ClINO/c1-7(2)9-5-8(3-4-11)6-13(12)10(9)14/h5,7-8H,3-4,6H2,1-2H3. The predicted molar refractivity (Wildman–Crippen MR) is 67.5 cm³/mol. The highest BCUT2D eigenvalue weighted by Crippen LogP contribution is 2.26. The third kappa shape index (κ3) is 2.86. The molecule has 0 bridgehead atoms. The first-order chi connectivity index (χ1) is 6.56. The second kappa shape index (κ2) is 5.35. The van der Waals surface area contributed by atoms with E-state index in [1.165, 1.54) is 0 Å². The zero-order valence-corrected chi connectivity index (χ0v) is 11.4. The zero-order chi connectivity index (χ0) is 10.7. The average Bonchev–Trinajstić information content (AvgIpc) is 2.11. The first-order valence-corrected chi connectivity index (χ1v) is 6.31. The topological polar surface area (TPSA) is 20.3 Å². The van der Waals surface area contributed by atoms with Crippen LogP contribution in [-0.2, 0) is 4.79 Å². The van der Waals surface area contributed by atoms with Crippen LogP contribution in [0.5, 0.6) is 0 Å². The van der Waals surface area contributed by atoms with Crippen LogP contribution in [0.25, 0.3) is 0 Å². The van der Waals surface area contributed by atoms with E-state index in [2.05, 4.69) is 42.8 Å². The van der Waals surface area contributed by atoms with Gasteiger partial charge in [0, 0.05) is 18.0 Å². The molecule has 0 aromatic heterocycles. The Morgan fingerprint density at radius 3 is 2.86 bits per heavy atom. The highest BCUT2D eigenvalue weighted by atomic mass is 127. The molecule has 1 heterocycles. The van der Waals surface area contributed by atoms with Gasteiger partial charge in [-0.15, -0.1) is 11.6 Å². The van der Waals surface area contributed by atoms with Crippen molar-refractivity contribution in [2.75, 3.05) is 12.4 Å². The van der Waals surface area contributed by atoms with E-state index in [0.29, 0.717) is 17.7 Å². The third-order valence-corrected chi connectivity index (χ3v) is 3.43. The number of alkyl halides is 1. The van der Waals surface area contributed by atoms with E-state index >= 15 is 0 Å². The van der Waals surface area contributed by atoms with Crippen molar-refractivity contribution >= 4 is 40.4 Å². The lowest BCUT2D eigenvalue weighted by atomic mass is 9.92. The van der Waals surface area contributed by atoms with Gasteiger partial charge in [-0.05, 0) is 18.3 Å². The molecule has 0 saturated carbocycles. The fourth-order valence-electron chi connectivity index (χ4n) is 1.56. The summed E-state index contributed by atoms with van der Waals surface area (Å²) in [5.41, 5.74) is 0.931. The van der Waals surface area contributed by atoms with Crippen LogP contribution in [0.4, 0.5) is 0 Å². The summed E-state index contributed by atoms with van der Waals surface area (Å²) in [5, 5.41) is 0. The minimum Gasteiger partial charge on any atom is -0.281 e. The van der Waals surface area contributed by atoms with E-state index in [1.54, 1.807) is 3.11 Å². The number of rotatable bonds is 3. The number of amides is 1. The van der Waals surface area contributed by atoms with Gasteiger partial charge in [-0.1, -0.05) is 19.9 Å². The van der Waals surface area contributed by atoms with Gasteiger partial charge in [0.2, 0.25) is 0 Å². The summed E-state index contributed by atoms with van der Waals surface area (Å²) < 4.78 is 1.77. The highest BCUT2D eigenvalue weighted by molar-refractivity contribution is 14.1. The molecule has 1 atom stereocenters. The molecule has 1 aliphatic heterocycles. The molecule has 1 aliphatic rings. The zero-order valence-electron chi connectivity index (χ0n) is 8.46. The smallest absolute Gasteiger partial charge is 0.258 e. The SMILES string of the molecule is CC(C)C1=CC(CCCl)CN(I)C1=O. The minimum atomic E-state index is 0.159. The summed E-state index contributed by atoms with van der Waals surface area (Å²) in [4.78, 5) is 11.7. The quantitative estimate of drug-likeness (QED) is 0.443. The van der Waals surface area contributed by atoms with Crippen LogP contribution in [-0.4, -0.2) is 21.4 Å². The Bertz CT molecular complexity index is 253. The fraction of sp³-hybridized carbons (Fsp3) is 0.700. The average molecular weight is 328 g/mol. The van der Waals surface area contributed by atoms with Gasteiger partial charge in [-0.2, -0.15) is 0 Å². The number of hydrogen-bond acceptors (Lipinski definition) is 1. The van der Waals surface area contributed by atoms with Gasteiger partial charge in [-0.3, -0.25) is 7.91 Å². The molecule has 0 aliphatic carbocycles. The Balaban J connectivity index is 2.81. The van der Waals surface area contributed by atoms with Crippen molar-refractivity contribution in [3.8, 4) is 0 Å². The van der Waals surface area contributed by atoms with Gasteiger partial charge in [0.1, 0.15) is 0 Å². The Hall–Kier alpha value is 0.230. The van der Waals surface area contributed by atoms with Crippen LogP contribution in [0.2, 0.25) is 0 Å². The van der Waals surface area contributed by atoms with Crippen LogP contribution in [0.15, 0.2) is 11.6 Å². The Morgan fingerprint density at radius 1 is 1.71 bits per heavy atom. The van der Waals surface area contributed by atoms with Crippen molar-refractivity contribution in [1.29, 1.82) is 0 Å². The molecule has 0 saturated heterocycles. The molecule has 0 aromatic rings. The molecule has 0 N–H and O–H groups in total. The van der Waals surface area contributed by atoms with E-state index < -0.39 is 0 Å². The van der Waals surface area contributed by atoms with Crippen LogP contribution >= 0.6 is 34.5 Å². The summed E-state index contributed by atoms with van der Waals surface area (Å²) in [5.74, 6) is 1.55. The van der Waals surface area contributed by atoms with Gasteiger partial charge < -0.3 is 0 Å². The Morgan fingerprint density at radius 2 is 2.36 bits per heavy atom. The van der Waals surface area contributed by atoms with Crippen molar-refractivity contribution in [3.63, 3.8) is 0 Å². The van der Waals surface area contributed by atoms with Gasteiger partial charge >= 0.3 is 0 Å². The van der Waals surface area contributed by atoms with Crippen molar-refractivity contribution in [2.24, 2.45) is 11.8 Å². The molecule has 80 valence electrons. The lowest BCUT2D eigenvalue weighted by Crippen LogP contribution is -2.34. The van der Waals surface area contributed by atoms with Gasteiger partial charge in [-0.25, -0.2) is 0 Å². The normalized spacial score (nSPS) is 22.9. The molecular formula is C10H15ClINO. The maximum absolute atomic E-state index is 11.7. The molecule has 1 unspecified atom stereocenters. The third-order valence-electron chi connectivity index (χ3n) is 2.38. The molecule has 0 radical (unpaired) electrons. The summed E-state index contributed by atoms with van der Waals surface area (Å²) in [6, 6.07) is 0.